The molecule has 1 fully saturated rings. The number of nitrogens with zero attached hydrogens (tertiary/aromatic N) is 1. The van der Waals surface area contributed by atoms with E-state index in [0.717, 1.165) is 11.3 Å². The van der Waals surface area contributed by atoms with Crippen molar-refractivity contribution in [1.82, 2.24) is 0 Å². The molecule has 4 heterocycles. The SMILES string of the molecule is CC(C)C[C@H](O)[C@@]1(O)[C@H](O[NH+]2C=C3C=CN=C3C2)[C@@H](Oc2ccc3c(=O)c(-c4ccc(O)cc4)coc3c2)O[C@@H](COC(=O)CC(=O)[O-])[C@@H]1O. The number of phenolic OH excluding ortho intramolecular Hbond substituents is 1. The summed E-state index contributed by atoms with van der Waals surface area (Å²) in [4.78, 5) is 46.9. The van der Waals surface area contributed by atoms with Gasteiger partial charge in [-0.05, 0) is 48.2 Å². The molecular formula is C35H36N2O13. The Labute approximate surface area is 284 Å². The molecule has 3 aromatic rings. The van der Waals surface area contributed by atoms with E-state index < -0.39 is 61.3 Å². The Balaban J connectivity index is 1.35. The topological polar surface area (TPSA) is 222 Å². The van der Waals surface area contributed by atoms with Gasteiger partial charge in [0.15, 0.2) is 17.6 Å². The van der Waals surface area contributed by atoms with Gasteiger partial charge < -0.3 is 49.0 Å². The molecule has 0 amide bonds. The van der Waals surface area contributed by atoms with Crippen molar-refractivity contribution < 1.29 is 63.7 Å². The molecule has 0 bridgehead atoms. The minimum Gasteiger partial charge on any atom is -0.550 e. The predicted octanol–water partition coefficient (Wildman–Crippen LogP) is -0.498. The monoisotopic (exact) mass is 692 g/mol. The number of carbonyl (C=O) groups excluding carboxylic acids is 2. The number of benzene rings is 2. The molecule has 0 aliphatic carbocycles. The molecule has 0 saturated carbocycles. The predicted molar refractivity (Wildman–Crippen MR) is 171 cm³/mol. The van der Waals surface area contributed by atoms with E-state index in [1.54, 1.807) is 44.5 Å². The first-order valence-corrected chi connectivity index (χ1v) is 15.9. The normalized spacial score (nSPS) is 26.4. The minimum atomic E-state index is -2.48. The summed E-state index contributed by atoms with van der Waals surface area (Å²) >= 11 is 0. The molecule has 264 valence electrons. The number of aliphatic hydroxyl groups excluding tert-OH is 2. The maximum atomic E-state index is 13.4. The van der Waals surface area contributed by atoms with E-state index in [0.29, 0.717) is 10.6 Å². The highest BCUT2D eigenvalue weighted by Gasteiger charge is 2.63. The third kappa shape index (κ3) is 7.05. The van der Waals surface area contributed by atoms with Crippen molar-refractivity contribution >= 4 is 28.6 Å². The third-order valence-electron chi connectivity index (χ3n) is 8.69. The zero-order valence-corrected chi connectivity index (χ0v) is 27.1. The number of ether oxygens (including phenoxy) is 3. The number of carboxylic acids is 1. The fourth-order valence-electron chi connectivity index (χ4n) is 6.18. The molecule has 7 atom stereocenters. The van der Waals surface area contributed by atoms with Crippen LogP contribution >= 0.6 is 0 Å². The van der Waals surface area contributed by atoms with Crippen LogP contribution in [0.3, 0.4) is 0 Å². The summed E-state index contributed by atoms with van der Waals surface area (Å²) in [6.45, 7) is 3.14. The standard InChI is InChI=1S/C35H36N2O13/c1-18(2)11-28(39)35(45)32(44)27(17-47-30(42)13-29(40)41)49-34(33(35)50-37-14-20-9-10-36-25(20)15-37)48-22-7-8-23-26(12-22)46-16-24(31(23)43)19-3-5-21(38)6-4-19/h3-10,12,14,16,18,27-28,32-34,38-39,44-45H,11,13,15,17H2,1-2H3,(H,40,41)/t27-,28-,32-,33+,34-,35-/m0/s1. The highest BCUT2D eigenvalue weighted by atomic mass is 16.8. The molecule has 3 aliphatic heterocycles. The lowest BCUT2D eigenvalue weighted by Crippen LogP contribution is -3.08. The molecule has 50 heavy (non-hydrogen) atoms. The molecule has 1 aromatic heterocycles. The summed E-state index contributed by atoms with van der Waals surface area (Å²) in [5.41, 5.74) is -0.398. The van der Waals surface area contributed by atoms with Crippen LogP contribution in [0.25, 0.3) is 22.1 Å². The van der Waals surface area contributed by atoms with Gasteiger partial charge in [0, 0.05) is 12.3 Å². The second-order valence-corrected chi connectivity index (χ2v) is 12.7. The van der Waals surface area contributed by atoms with Crippen LogP contribution in [0.2, 0.25) is 0 Å². The number of quaternary nitrogens is 1. The number of aliphatic carboxylic acids is 1. The first-order chi connectivity index (χ1) is 23.8. The summed E-state index contributed by atoms with van der Waals surface area (Å²) in [5.74, 6) is -2.88. The quantitative estimate of drug-likeness (QED) is 0.120. The molecular weight excluding hydrogens is 656 g/mol. The van der Waals surface area contributed by atoms with E-state index >= 15 is 0 Å². The molecule has 3 aliphatic rings. The Morgan fingerprint density at radius 1 is 1.18 bits per heavy atom. The molecule has 5 N–H and O–H groups in total. The van der Waals surface area contributed by atoms with Crippen molar-refractivity contribution in [1.29, 1.82) is 0 Å². The van der Waals surface area contributed by atoms with Crippen molar-refractivity contribution in [3.05, 3.63) is 83.0 Å². The summed E-state index contributed by atoms with van der Waals surface area (Å²) in [6, 6.07) is 10.4. The van der Waals surface area contributed by atoms with Gasteiger partial charge in [-0.15, -0.1) is 0 Å². The summed E-state index contributed by atoms with van der Waals surface area (Å²) < 4.78 is 23.1. The van der Waals surface area contributed by atoms with Crippen LogP contribution in [-0.2, 0) is 23.9 Å². The Hall–Kier alpha value is -4.90. The number of nitrogens with one attached hydrogen (secondary N) is 1. The maximum absolute atomic E-state index is 13.4. The molecule has 2 aromatic carbocycles. The molecule has 1 saturated heterocycles. The van der Waals surface area contributed by atoms with Gasteiger partial charge in [0.05, 0.1) is 35.0 Å². The number of phenols is 1. The number of aliphatic hydroxyl groups is 3. The Kier molecular flexibility index (Phi) is 9.89. The number of hydroxylamine groups is 2. The van der Waals surface area contributed by atoms with Gasteiger partial charge in [-0.3, -0.25) is 14.6 Å². The zero-order valence-electron chi connectivity index (χ0n) is 27.1. The molecule has 6 rings (SSSR count). The van der Waals surface area contributed by atoms with Crippen LogP contribution < -0.4 is 20.3 Å². The van der Waals surface area contributed by atoms with Crippen LogP contribution in [0.5, 0.6) is 11.5 Å². The van der Waals surface area contributed by atoms with Crippen LogP contribution in [0, 0.1) is 5.92 Å². The number of hydrogen-bond donors (Lipinski definition) is 5. The molecule has 15 nitrogen and oxygen atoms in total. The number of carboxylic acid groups (broad SMARTS) is 1. The Morgan fingerprint density at radius 2 is 1.94 bits per heavy atom. The number of allylic oxidation sites excluding steroid dienone is 1. The highest BCUT2D eigenvalue weighted by Crippen LogP contribution is 2.38. The largest absolute Gasteiger partial charge is 0.550 e. The number of aliphatic imine (C=N–C) groups is 1. The lowest BCUT2D eigenvalue weighted by atomic mass is 9.77. The second-order valence-electron chi connectivity index (χ2n) is 12.7. The van der Waals surface area contributed by atoms with Crippen molar-refractivity contribution in [3.8, 4) is 22.6 Å². The van der Waals surface area contributed by atoms with E-state index in [-0.39, 0.29) is 52.3 Å². The Bertz CT molecular complexity index is 1920. The number of esters is 1. The zero-order chi connectivity index (χ0) is 35.7. The van der Waals surface area contributed by atoms with E-state index in [9.17, 15) is 39.9 Å². The van der Waals surface area contributed by atoms with Crippen LogP contribution in [-0.4, -0.2) is 87.5 Å². The van der Waals surface area contributed by atoms with Gasteiger partial charge in [-0.2, -0.15) is 9.90 Å². The van der Waals surface area contributed by atoms with Gasteiger partial charge >= 0.3 is 5.97 Å². The average molecular weight is 693 g/mol. The molecule has 15 heteroatoms. The molecule has 0 spiro atoms. The van der Waals surface area contributed by atoms with Gasteiger partial charge in [-0.25, -0.2) is 0 Å². The van der Waals surface area contributed by atoms with Crippen molar-refractivity contribution in [2.45, 2.75) is 63.0 Å². The minimum absolute atomic E-state index is 0.00764. The van der Waals surface area contributed by atoms with E-state index in [4.69, 9.17) is 23.5 Å². The van der Waals surface area contributed by atoms with E-state index in [1.807, 2.05) is 0 Å². The third-order valence-corrected chi connectivity index (χ3v) is 8.69. The number of carbonyl (C=O) groups is 2. The first-order valence-electron chi connectivity index (χ1n) is 15.9. The number of hydrogen-bond acceptors (Lipinski definition) is 14. The van der Waals surface area contributed by atoms with Crippen molar-refractivity contribution in [2.24, 2.45) is 10.9 Å². The molecule has 0 radical (unpaired) electrons. The van der Waals surface area contributed by atoms with Gasteiger partial charge in [0.25, 0.3) is 0 Å². The first kappa shape index (κ1) is 34.9. The number of aromatic hydroxyl groups is 1. The van der Waals surface area contributed by atoms with E-state index in [1.165, 1.54) is 36.6 Å². The van der Waals surface area contributed by atoms with Gasteiger partial charge in [-0.1, -0.05) is 26.0 Å². The Morgan fingerprint density at radius 3 is 2.64 bits per heavy atom. The van der Waals surface area contributed by atoms with Crippen molar-refractivity contribution in [3.63, 3.8) is 0 Å². The summed E-state index contributed by atoms with van der Waals surface area (Å²) in [6.07, 6.45) is -2.89. The fourth-order valence-corrected chi connectivity index (χ4v) is 6.18. The van der Waals surface area contributed by atoms with E-state index in [2.05, 4.69) is 4.99 Å². The number of fused-ring (bicyclic) bond motifs is 2. The molecule has 1 unspecified atom stereocenters. The fraction of sp³-hybridized carbons (Fsp3) is 0.371. The summed E-state index contributed by atoms with van der Waals surface area (Å²) in [5, 5.41) is 56.4. The van der Waals surface area contributed by atoms with Crippen LogP contribution in [0.15, 0.2) is 87.0 Å². The smallest absolute Gasteiger partial charge is 0.311 e. The average Bonchev–Trinajstić information content (AvgIpc) is 3.66. The lowest BCUT2D eigenvalue weighted by Gasteiger charge is -2.50. The van der Waals surface area contributed by atoms with Crippen molar-refractivity contribution in [2.75, 3.05) is 13.2 Å². The lowest BCUT2D eigenvalue weighted by molar-refractivity contribution is -1.05. The number of rotatable bonds is 12. The van der Waals surface area contributed by atoms with Crippen LogP contribution in [0.4, 0.5) is 0 Å². The highest BCUT2D eigenvalue weighted by molar-refractivity contribution is 6.06. The van der Waals surface area contributed by atoms with Gasteiger partial charge in [0.1, 0.15) is 54.1 Å². The maximum Gasteiger partial charge on any atom is 0.311 e. The summed E-state index contributed by atoms with van der Waals surface area (Å²) in [7, 11) is 0. The van der Waals surface area contributed by atoms with Gasteiger partial charge in [0.2, 0.25) is 12.4 Å². The second kappa shape index (κ2) is 14.1. The van der Waals surface area contributed by atoms with Crippen LogP contribution in [0.1, 0.15) is 26.7 Å².